The predicted molar refractivity (Wildman–Crippen MR) is 93.0 cm³/mol. The number of hydrogen-bond donors (Lipinski definition) is 0. The third-order valence-electron chi connectivity index (χ3n) is 4.54. The van der Waals surface area contributed by atoms with Gasteiger partial charge in [0.1, 0.15) is 17.4 Å². The first-order valence-electron chi connectivity index (χ1n) is 7.84. The number of benzene rings is 1. The van der Waals surface area contributed by atoms with Crippen LogP contribution in [0.2, 0.25) is 0 Å². The molecule has 4 heterocycles. The van der Waals surface area contributed by atoms with E-state index in [1.54, 1.807) is 6.33 Å². The summed E-state index contributed by atoms with van der Waals surface area (Å²) >= 11 is 1.81. The monoisotopic (exact) mass is 321 g/mol. The van der Waals surface area contributed by atoms with Crippen molar-refractivity contribution >= 4 is 39.2 Å². The van der Waals surface area contributed by atoms with Crippen LogP contribution < -0.4 is 4.90 Å². The summed E-state index contributed by atoms with van der Waals surface area (Å²) in [5.74, 6) is 0.919. The summed E-state index contributed by atoms with van der Waals surface area (Å²) in [7, 11) is 0. The van der Waals surface area contributed by atoms with E-state index in [1.807, 2.05) is 29.5 Å². The van der Waals surface area contributed by atoms with E-state index in [1.165, 1.54) is 11.3 Å². The summed E-state index contributed by atoms with van der Waals surface area (Å²) in [5, 5.41) is 3.20. The van der Waals surface area contributed by atoms with Gasteiger partial charge in [-0.25, -0.2) is 9.97 Å². The number of anilines is 1. The third-order valence-corrected chi connectivity index (χ3v) is 5.51. The van der Waals surface area contributed by atoms with Crippen molar-refractivity contribution in [3.8, 4) is 0 Å². The van der Waals surface area contributed by atoms with Crippen LogP contribution in [0.4, 0.5) is 5.82 Å². The van der Waals surface area contributed by atoms with Gasteiger partial charge in [-0.1, -0.05) is 18.2 Å². The molecule has 4 nitrogen and oxygen atoms in total. The second kappa shape index (κ2) is 5.06. The first-order chi connectivity index (χ1) is 11.4. The van der Waals surface area contributed by atoms with Crippen molar-refractivity contribution in [1.82, 2.24) is 9.97 Å². The highest BCUT2D eigenvalue weighted by Crippen LogP contribution is 2.41. The van der Waals surface area contributed by atoms with Crippen LogP contribution in [-0.2, 0) is 0 Å². The summed E-state index contributed by atoms with van der Waals surface area (Å²) in [6.45, 7) is 1.01. The summed E-state index contributed by atoms with van der Waals surface area (Å²) in [6, 6.07) is 12.8. The third kappa shape index (κ3) is 1.96. The maximum absolute atomic E-state index is 6.10. The molecule has 1 saturated heterocycles. The van der Waals surface area contributed by atoms with E-state index in [-0.39, 0.29) is 0 Å². The Morgan fingerprint density at radius 3 is 3.00 bits per heavy atom. The highest BCUT2D eigenvalue weighted by molar-refractivity contribution is 7.10. The molecule has 0 unspecified atom stereocenters. The highest BCUT2D eigenvalue weighted by Gasteiger charge is 2.30. The van der Waals surface area contributed by atoms with E-state index in [9.17, 15) is 0 Å². The molecule has 0 bridgehead atoms. The van der Waals surface area contributed by atoms with E-state index in [4.69, 9.17) is 4.42 Å². The van der Waals surface area contributed by atoms with Crippen molar-refractivity contribution < 1.29 is 4.42 Å². The minimum absolute atomic E-state index is 0.390. The largest absolute Gasteiger partial charge is 0.450 e. The molecule has 0 N–H and O–H groups in total. The molecule has 0 spiro atoms. The fourth-order valence-electron chi connectivity index (χ4n) is 3.51. The molecule has 23 heavy (non-hydrogen) atoms. The van der Waals surface area contributed by atoms with Crippen molar-refractivity contribution in [3.05, 3.63) is 53.0 Å². The average Bonchev–Trinajstić information content (AvgIpc) is 3.32. The van der Waals surface area contributed by atoms with Gasteiger partial charge in [0.05, 0.1) is 6.04 Å². The quantitative estimate of drug-likeness (QED) is 0.533. The van der Waals surface area contributed by atoms with Gasteiger partial charge < -0.3 is 9.32 Å². The molecule has 1 aromatic carbocycles. The van der Waals surface area contributed by atoms with Crippen LogP contribution in [0.3, 0.4) is 0 Å². The zero-order chi connectivity index (χ0) is 15.2. The Bertz CT molecular complexity index is 976. The summed E-state index contributed by atoms with van der Waals surface area (Å²) in [4.78, 5) is 12.8. The van der Waals surface area contributed by atoms with Gasteiger partial charge in [-0.05, 0) is 36.4 Å². The molecule has 5 heteroatoms. The molecular formula is C18H15N3OS. The minimum atomic E-state index is 0.390. The van der Waals surface area contributed by atoms with E-state index < -0.39 is 0 Å². The molecule has 3 aromatic heterocycles. The summed E-state index contributed by atoms with van der Waals surface area (Å²) in [5.41, 5.74) is 2.58. The molecule has 1 atom stereocenters. The minimum Gasteiger partial charge on any atom is -0.450 e. The van der Waals surface area contributed by atoms with E-state index in [0.29, 0.717) is 6.04 Å². The molecule has 0 amide bonds. The summed E-state index contributed by atoms with van der Waals surface area (Å²) in [6.07, 6.45) is 3.99. The Labute approximate surface area is 137 Å². The van der Waals surface area contributed by atoms with Crippen LogP contribution in [-0.4, -0.2) is 16.5 Å². The number of aromatic nitrogens is 2. The van der Waals surface area contributed by atoms with Crippen molar-refractivity contribution in [3.63, 3.8) is 0 Å². The topological polar surface area (TPSA) is 42.2 Å². The molecule has 1 aliphatic rings. The van der Waals surface area contributed by atoms with Gasteiger partial charge in [0.25, 0.3) is 0 Å². The average molecular weight is 321 g/mol. The number of hydrogen-bond acceptors (Lipinski definition) is 5. The fourth-order valence-corrected chi connectivity index (χ4v) is 4.39. The van der Waals surface area contributed by atoms with Gasteiger partial charge in [-0.3, -0.25) is 0 Å². The lowest BCUT2D eigenvalue weighted by molar-refractivity contribution is 0.654. The number of rotatable bonds is 2. The second-order valence-electron chi connectivity index (χ2n) is 5.84. The maximum Gasteiger partial charge on any atom is 0.196 e. The molecular weight excluding hydrogens is 306 g/mol. The Hall–Kier alpha value is -2.40. The Morgan fingerprint density at radius 2 is 2.09 bits per heavy atom. The maximum atomic E-state index is 6.10. The smallest absolute Gasteiger partial charge is 0.196 e. The molecule has 1 fully saturated rings. The Balaban J connectivity index is 1.70. The molecule has 5 rings (SSSR count). The molecule has 1 aliphatic heterocycles. The van der Waals surface area contributed by atoms with Gasteiger partial charge in [0.2, 0.25) is 0 Å². The molecule has 114 valence electrons. The van der Waals surface area contributed by atoms with Crippen LogP contribution in [0.25, 0.3) is 22.1 Å². The molecule has 0 saturated carbocycles. The lowest BCUT2D eigenvalue weighted by Crippen LogP contribution is -2.23. The van der Waals surface area contributed by atoms with Crippen LogP contribution in [0.15, 0.2) is 52.5 Å². The van der Waals surface area contributed by atoms with Crippen molar-refractivity contribution in [1.29, 1.82) is 0 Å². The van der Waals surface area contributed by atoms with Gasteiger partial charge in [0, 0.05) is 16.8 Å². The molecule has 0 aliphatic carbocycles. The van der Waals surface area contributed by atoms with Crippen LogP contribution in [0.1, 0.15) is 23.8 Å². The standard InChI is InChI=1S/C18H15N3OS/c1-2-7-14-12(5-1)16-17(22-14)18(20-11-19-16)21-9-3-6-13(21)15-8-4-10-23-15/h1-2,4-5,7-8,10-11,13H,3,6,9H2/t13-/m1/s1. The lowest BCUT2D eigenvalue weighted by Gasteiger charge is -2.24. The van der Waals surface area contributed by atoms with Crippen molar-refractivity contribution in [2.24, 2.45) is 0 Å². The SMILES string of the molecule is c1csc([C@H]2CCCN2c2ncnc3c2oc2ccccc23)c1. The molecule has 0 radical (unpaired) electrons. The first-order valence-corrected chi connectivity index (χ1v) is 8.72. The zero-order valence-electron chi connectivity index (χ0n) is 12.5. The number of nitrogens with zero attached hydrogens (tertiary/aromatic N) is 3. The van der Waals surface area contributed by atoms with Crippen molar-refractivity contribution in [2.75, 3.05) is 11.4 Å². The van der Waals surface area contributed by atoms with E-state index in [0.717, 1.165) is 40.9 Å². The Morgan fingerprint density at radius 1 is 1.13 bits per heavy atom. The number of fused-ring (bicyclic) bond motifs is 3. The second-order valence-corrected chi connectivity index (χ2v) is 6.82. The van der Waals surface area contributed by atoms with Crippen LogP contribution in [0, 0.1) is 0 Å². The highest BCUT2D eigenvalue weighted by atomic mass is 32.1. The first kappa shape index (κ1) is 13.1. The zero-order valence-corrected chi connectivity index (χ0v) is 13.3. The van der Waals surface area contributed by atoms with Crippen LogP contribution >= 0.6 is 11.3 Å². The van der Waals surface area contributed by atoms with E-state index in [2.05, 4.69) is 38.4 Å². The fraction of sp³-hybridized carbons (Fsp3) is 0.222. The lowest BCUT2D eigenvalue weighted by atomic mass is 10.2. The van der Waals surface area contributed by atoms with Gasteiger partial charge in [0.15, 0.2) is 11.4 Å². The summed E-state index contributed by atoms with van der Waals surface area (Å²) < 4.78 is 6.10. The van der Waals surface area contributed by atoms with E-state index >= 15 is 0 Å². The predicted octanol–water partition coefficient (Wildman–Crippen LogP) is 4.78. The number of thiophene rings is 1. The molecule has 4 aromatic rings. The number of furan rings is 1. The normalized spacial score (nSPS) is 18.3. The van der Waals surface area contributed by atoms with Crippen LogP contribution in [0.5, 0.6) is 0 Å². The van der Waals surface area contributed by atoms with Gasteiger partial charge in [-0.15, -0.1) is 11.3 Å². The Kier molecular flexibility index (Phi) is 2.88. The van der Waals surface area contributed by atoms with Gasteiger partial charge in [-0.2, -0.15) is 0 Å². The van der Waals surface area contributed by atoms with Gasteiger partial charge >= 0.3 is 0 Å². The van der Waals surface area contributed by atoms with Crippen molar-refractivity contribution in [2.45, 2.75) is 18.9 Å². The number of para-hydroxylation sites is 1.